The van der Waals surface area contributed by atoms with Crippen molar-refractivity contribution < 1.29 is 27.6 Å². The van der Waals surface area contributed by atoms with Gasteiger partial charge in [0.05, 0.1) is 17.9 Å². The highest BCUT2D eigenvalue weighted by Crippen LogP contribution is 2.20. The molecule has 0 radical (unpaired) electrons. The van der Waals surface area contributed by atoms with Gasteiger partial charge in [-0.3, -0.25) is 15.0 Å². The normalized spacial score (nSPS) is 15.7. The molecule has 0 aromatic heterocycles. The van der Waals surface area contributed by atoms with Gasteiger partial charge in [-0.2, -0.15) is 9.79 Å². The van der Waals surface area contributed by atoms with Crippen molar-refractivity contribution in [1.29, 1.82) is 5.41 Å². The Balaban J connectivity index is 0.00000645. The van der Waals surface area contributed by atoms with Crippen LogP contribution in [0.15, 0.2) is 47.4 Å². The summed E-state index contributed by atoms with van der Waals surface area (Å²) in [7, 11) is -4.25. The minimum absolute atomic E-state index is 0. The highest BCUT2D eigenvalue weighted by atomic mass is 35.5. The van der Waals surface area contributed by atoms with Gasteiger partial charge in [0.2, 0.25) is 15.9 Å². The molecule has 2 amide bonds. The highest BCUT2D eigenvalue weighted by molar-refractivity contribution is 7.89. The molecular weight excluding hydrogens is 596 g/mol. The number of likely N-dealkylation sites (tertiary alicyclic amines) is 1. The lowest BCUT2D eigenvalue weighted by molar-refractivity contribution is -0.199. The van der Waals surface area contributed by atoms with Gasteiger partial charge in [0.25, 0.3) is 5.91 Å². The van der Waals surface area contributed by atoms with E-state index in [-0.39, 0.29) is 48.7 Å². The van der Waals surface area contributed by atoms with E-state index in [1.54, 1.807) is 30.0 Å². The molecule has 1 aliphatic rings. The van der Waals surface area contributed by atoms with E-state index in [1.807, 2.05) is 19.1 Å². The van der Waals surface area contributed by atoms with Crippen LogP contribution in [0, 0.1) is 11.3 Å². The first-order chi connectivity index (χ1) is 20.0. The predicted octanol–water partition coefficient (Wildman–Crippen LogP) is 2.91. The number of nitrogens with two attached hydrogens (primary N) is 1. The van der Waals surface area contributed by atoms with Crippen molar-refractivity contribution in [3.63, 3.8) is 0 Å². The van der Waals surface area contributed by atoms with Gasteiger partial charge in [0.15, 0.2) is 5.96 Å². The van der Waals surface area contributed by atoms with E-state index >= 15 is 0 Å². The number of hydroxylamine groups is 2. The molecule has 1 aliphatic heterocycles. The third kappa shape index (κ3) is 10.7. The lowest BCUT2D eigenvalue weighted by atomic mass is 9.98. The third-order valence-electron chi connectivity index (χ3n) is 7.09. The second-order valence-electron chi connectivity index (χ2n) is 10.5. The first kappa shape index (κ1) is 35.8. The zero-order valence-electron chi connectivity index (χ0n) is 24.7. The summed E-state index contributed by atoms with van der Waals surface area (Å²) in [5, 5.41) is 12.9. The van der Waals surface area contributed by atoms with Crippen molar-refractivity contribution in [3.8, 4) is 0 Å². The minimum Gasteiger partial charge on any atom is -0.370 e. The Morgan fingerprint density at radius 1 is 1.14 bits per heavy atom. The second-order valence-corrected chi connectivity index (χ2v) is 12.3. The van der Waals surface area contributed by atoms with Crippen molar-refractivity contribution in [2.24, 2.45) is 11.7 Å². The molecule has 43 heavy (non-hydrogen) atoms. The molecular formula is C29H43ClN6O6S. The van der Waals surface area contributed by atoms with Crippen LogP contribution in [-0.4, -0.2) is 74.3 Å². The largest absolute Gasteiger partial charge is 0.370 e. The molecule has 0 bridgehead atoms. The fraction of sp³-hybridized carbons (Fsp3) is 0.517. The number of carbonyl (C=O) groups excluding carboxylic acids is 3. The van der Waals surface area contributed by atoms with Gasteiger partial charge >= 0.3 is 5.97 Å². The van der Waals surface area contributed by atoms with Gasteiger partial charge in [-0.05, 0) is 54.5 Å². The Morgan fingerprint density at radius 2 is 1.86 bits per heavy atom. The number of piperidine rings is 1. The Kier molecular flexibility index (Phi) is 14.2. The van der Waals surface area contributed by atoms with E-state index in [0.717, 1.165) is 23.3 Å². The van der Waals surface area contributed by atoms with Gasteiger partial charge in [-0.15, -0.1) is 12.4 Å². The molecule has 2 aromatic rings. The molecule has 1 fully saturated rings. The number of sulfonamides is 1. The van der Waals surface area contributed by atoms with Crippen molar-refractivity contribution in [2.75, 3.05) is 26.2 Å². The van der Waals surface area contributed by atoms with Gasteiger partial charge < -0.3 is 20.8 Å². The first-order valence-corrected chi connectivity index (χ1v) is 15.9. The van der Waals surface area contributed by atoms with Crippen LogP contribution in [-0.2, 0) is 29.2 Å². The Morgan fingerprint density at radius 3 is 2.53 bits per heavy atom. The fourth-order valence-electron chi connectivity index (χ4n) is 4.78. The smallest absolute Gasteiger partial charge is 0.332 e. The quantitative estimate of drug-likeness (QED) is 0.147. The van der Waals surface area contributed by atoms with Crippen molar-refractivity contribution in [1.82, 2.24) is 20.0 Å². The molecule has 2 aromatic carbocycles. The molecule has 0 aliphatic carbocycles. The summed E-state index contributed by atoms with van der Waals surface area (Å²) in [5.74, 6) is -1.96. The number of nitrogens with one attached hydrogen (secondary N) is 3. The summed E-state index contributed by atoms with van der Waals surface area (Å²) >= 11 is 0. The standard InChI is InChI=1S/C29H42N6O6S.ClH/c1-3-5-16-35(41-27(37)9-4-2)28(38)25(18-26(36)32-19-21-10-8-15-34(20-21)29(30)31)33-42(39,40)24-14-13-22-11-6-7-12-23(22)17-24;/h6-7,11-14,17,21,25,33H,3-5,8-10,15-16,18-20H2,1-2H3,(H3,30,31)(H,32,36);1H. The van der Waals surface area contributed by atoms with Crippen molar-refractivity contribution in [2.45, 2.75) is 69.7 Å². The zero-order valence-corrected chi connectivity index (χ0v) is 26.3. The molecule has 12 nitrogen and oxygen atoms in total. The summed E-state index contributed by atoms with van der Waals surface area (Å²) in [6.07, 6.45) is 2.96. The fourth-order valence-corrected chi connectivity index (χ4v) is 6.01. The van der Waals surface area contributed by atoms with Gasteiger partial charge in [-0.1, -0.05) is 50.6 Å². The van der Waals surface area contributed by atoms with E-state index < -0.39 is 40.3 Å². The van der Waals surface area contributed by atoms with Crippen LogP contribution in [0.3, 0.4) is 0 Å². The number of nitrogens with zero attached hydrogens (tertiary/aromatic N) is 2. The van der Waals surface area contributed by atoms with Gasteiger partial charge in [0.1, 0.15) is 6.04 Å². The maximum Gasteiger partial charge on any atom is 0.332 e. The number of rotatable bonds is 13. The molecule has 1 saturated heterocycles. The first-order valence-electron chi connectivity index (χ1n) is 14.4. The van der Waals surface area contributed by atoms with Crippen LogP contribution < -0.4 is 15.8 Å². The van der Waals surface area contributed by atoms with Crippen LogP contribution in [0.1, 0.15) is 58.8 Å². The van der Waals surface area contributed by atoms with Crippen LogP contribution in [0.2, 0.25) is 0 Å². The molecule has 2 unspecified atom stereocenters. The Labute approximate surface area is 259 Å². The van der Waals surface area contributed by atoms with Crippen LogP contribution in [0.4, 0.5) is 0 Å². The summed E-state index contributed by atoms with van der Waals surface area (Å²) in [6.45, 7) is 5.24. The van der Waals surface area contributed by atoms with Gasteiger partial charge in [0, 0.05) is 26.1 Å². The van der Waals surface area contributed by atoms with E-state index in [9.17, 15) is 22.8 Å². The predicted molar refractivity (Wildman–Crippen MR) is 167 cm³/mol. The third-order valence-corrected chi connectivity index (χ3v) is 8.56. The summed E-state index contributed by atoms with van der Waals surface area (Å²) < 4.78 is 29.4. The van der Waals surface area contributed by atoms with E-state index in [4.69, 9.17) is 16.0 Å². The van der Waals surface area contributed by atoms with Crippen LogP contribution in [0.5, 0.6) is 0 Å². The number of guanidine groups is 1. The number of fused-ring (bicyclic) bond motifs is 1. The summed E-state index contributed by atoms with van der Waals surface area (Å²) in [6, 6.07) is 10.4. The average molecular weight is 639 g/mol. The second kappa shape index (κ2) is 17.0. The SMILES string of the molecule is CCCCN(OC(=O)CCC)C(=O)C(CC(=O)NCC1CCCN(C(=N)N)C1)NS(=O)(=O)c1ccc2ccccc2c1.Cl. The monoisotopic (exact) mass is 638 g/mol. The van der Waals surface area contributed by atoms with Crippen molar-refractivity contribution in [3.05, 3.63) is 42.5 Å². The maximum absolute atomic E-state index is 13.7. The molecule has 238 valence electrons. The summed E-state index contributed by atoms with van der Waals surface area (Å²) in [5.41, 5.74) is 5.62. The minimum atomic E-state index is -4.25. The van der Waals surface area contributed by atoms with Crippen LogP contribution >= 0.6 is 12.4 Å². The topological polar surface area (TPSA) is 175 Å². The average Bonchev–Trinajstić information content (AvgIpc) is 2.97. The number of amides is 2. The summed E-state index contributed by atoms with van der Waals surface area (Å²) in [4.78, 5) is 46.0. The van der Waals surface area contributed by atoms with E-state index in [1.165, 1.54) is 12.1 Å². The number of hydrogen-bond donors (Lipinski definition) is 4. The maximum atomic E-state index is 13.7. The van der Waals surface area contributed by atoms with E-state index in [2.05, 4.69) is 10.0 Å². The molecule has 0 spiro atoms. The lowest BCUT2D eigenvalue weighted by Gasteiger charge is -2.33. The molecule has 0 saturated carbocycles. The van der Waals surface area contributed by atoms with E-state index in [0.29, 0.717) is 37.7 Å². The Hall–Kier alpha value is -3.42. The number of halogens is 1. The van der Waals surface area contributed by atoms with Crippen LogP contribution in [0.25, 0.3) is 10.8 Å². The molecule has 14 heteroatoms. The molecule has 3 rings (SSSR count). The number of unbranched alkanes of at least 4 members (excludes halogenated alkanes) is 1. The molecule has 5 N–H and O–H groups in total. The highest BCUT2D eigenvalue weighted by Gasteiger charge is 2.33. The lowest BCUT2D eigenvalue weighted by Crippen LogP contribution is -2.51. The Bertz CT molecular complexity index is 1370. The number of carbonyl (C=O) groups is 3. The number of hydrogen-bond acceptors (Lipinski definition) is 7. The zero-order chi connectivity index (χ0) is 30.7. The number of benzene rings is 2. The molecule has 2 atom stereocenters. The van der Waals surface area contributed by atoms with Crippen molar-refractivity contribution >= 4 is 56.9 Å². The molecule has 1 heterocycles. The van der Waals surface area contributed by atoms with Gasteiger partial charge in [-0.25, -0.2) is 13.2 Å².